The van der Waals surface area contributed by atoms with E-state index in [0.29, 0.717) is 24.3 Å². The van der Waals surface area contributed by atoms with Crippen molar-refractivity contribution in [1.29, 1.82) is 0 Å². The molecule has 1 amide bonds. The molecule has 4 nitrogen and oxygen atoms in total. The molecule has 18 heavy (non-hydrogen) atoms. The van der Waals surface area contributed by atoms with Crippen LogP contribution in [0.5, 0.6) is 0 Å². The average molecular weight is 313 g/mol. The molecule has 0 saturated carbocycles. The first-order valence-electron chi connectivity index (χ1n) is 5.97. The van der Waals surface area contributed by atoms with Crippen LogP contribution in [0.2, 0.25) is 0 Å². The lowest BCUT2D eigenvalue weighted by atomic mass is 10.1. The Morgan fingerprint density at radius 3 is 2.56 bits per heavy atom. The summed E-state index contributed by atoms with van der Waals surface area (Å²) in [4.78, 5) is 14.2. The van der Waals surface area contributed by atoms with E-state index in [1.54, 1.807) is 17.0 Å². The molecular formula is C13H17BrN2O2. The van der Waals surface area contributed by atoms with Gasteiger partial charge in [-0.2, -0.15) is 0 Å². The minimum Gasteiger partial charge on any atom is -0.398 e. The lowest BCUT2D eigenvalue weighted by molar-refractivity contribution is -0.0585. The SMILES string of the molecule is CC1CN(C(=O)c2ccc(Br)cc2N)CC(C)O1. The summed E-state index contributed by atoms with van der Waals surface area (Å²) in [6, 6.07) is 5.34. The molecule has 1 aromatic carbocycles. The number of nitrogens with two attached hydrogens (primary N) is 1. The lowest BCUT2D eigenvalue weighted by Crippen LogP contribution is -2.48. The van der Waals surface area contributed by atoms with Gasteiger partial charge in [-0.1, -0.05) is 15.9 Å². The third-order valence-electron chi connectivity index (χ3n) is 2.95. The predicted molar refractivity (Wildman–Crippen MR) is 74.5 cm³/mol. The van der Waals surface area contributed by atoms with E-state index in [4.69, 9.17) is 10.5 Å². The summed E-state index contributed by atoms with van der Waals surface area (Å²) in [5.74, 6) is -0.0259. The van der Waals surface area contributed by atoms with E-state index in [2.05, 4.69) is 15.9 Å². The molecule has 2 unspecified atom stereocenters. The van der Waals surface area contributed by atoms with Crippen LogP contribution in [0.3, 0.4) is 0 Å². The predicted octanol–water partition coefficient (Wildman–Crippen LogP) is 2.28. The van der Waals surface area contributed by atoms with Gasteiger partial charge >= 0.3 is 0 Å². The van der Waals surface area contributed by atoms with E-state index in [1.165, 1.54) is 0 Å². The zero-order chi connectivity index (χ0) is 13.3. The molecule has 1 aliphatic rings. The molecule has 2 N–H and O–H groups in total. The summed E-state index contributed by atoms with van der Waals surface area (Å²) in [5, 5.41) is 0. The minimum absolute atomic E-state index is 0.0259. The first-order chi connectivity index (χ1) is 8.47. The fourth-order valence-electron chi connectivity index (χ4n) is 2.24. The number of ether oxygens (including phenoxy) is 1. The number of rotatable bonds is 1. The van der Waals surface area contributed by atoms with Gasteiger partial charge in [0.2, 0.25) is 0 Å². The van der Waals surface area contributed by atoms with E-state index in [0.717, 1.165) is 4.47 Å². The molecule has 5 heteroatoms. The Kier molecular flexibility index (Phi) is 3.92. The van der Waals surface area contributed by atoms with Crippen LogP contribution in [-0.2, 0) is 4.74 Å². The maximum atomic E-state index is 12.4. The van der Waals surface area contributed by atoms with Crippen molar-refractivity contribution in [3.8, 4) is 0 Å². The van der Waals surface area contributed by atoms with Gasteiger partial charge in [0.25, 0.3) is 5.91 Å². The number of anilines is 1. The lowest BCUT2D eigenvalue weighted by Gasteiger charge is -2.35. The maximum Gasteiger partial charge on any atom is 0.256 e. The Morgan fingerprint density at radius 2 is 2.00 bits per heavy atom. The normalized spacial score (nSPS) is 24.1. The highest BCUT2D eigenvalue weighted by molar-refractivity contribution is 9.10. The number of morpholine rings is 1. The Morgan fingerprint density at radius 1 is 1.39 bits per heavy atom. The fourth-order valence-corrected chi connectivity index (χ4v) is 2.62. The number of carbonyl (C=O) groups is 1. The number of hydrogen-bond donors (Lipinski definition) is 1. The molecule has 1 aliphatic heterocycles. The molecular weight excluding hydrogens is 296 g/mol. The molecule has 1 saturated heterocycles. The second-order valence-corrected chi connectivity index (χ2v) is 5.61. The highest BCUT2D eigenvalue weighted by Gasteiger charge is 2.27. The molecule has 0 aliphatic carbocycles. The third-order valence-corrected chi connectivity index (χ3v) is 3.44. The van der Waals surface area contributed by atoms with Crippen molar-refractivity contribution in [2.45, 2.75) is 26.1 Å². The number of nitrogens with zero attached hydrogens (tertiary/aromatic N) is 1. The van der Waals surface area contributed by atoms with Gasteiger partial charge in [-0.25, -0.2) is 0 Å². The highest BCUT2D eigenvalue weighted by Crippen LogP contribution is 2.21. The highest BCUT2D eigenvalue weighted by atomic mass is 79.9. The monoisotopic (exact) mass is 312 g/mol. The summed E-state index contributed by atoms with van der Waals surface area (Å²) in [7, 11) is 0. The van der Waals surface area contributed by atoms with E-state index in [9.17, 15) is 4.79 Å². The largest absolute Gasteiger partial charge is 0.398 e. The molecule has 0 radical (unpaired) electrons. The van der Waals surface area contributed by atoms with E-state index >= 15 is 0 Å². The van der Waals surface area contributed by atoms with E-state index in [-0.39, 0.29) is 18.1 Å². The molecule has 98 valence electrons. The molecule has 1 fully saturated rings. The summed E-state index contributed by atoms with van der Waals surface area (Å²) in [5.41, 5.74) is 6.95. The van der Waals surface area contributed by atoms with Crippen LogP contribution >= 0.6 is 15.9 Å². The summed E-state index contributed by atoms with van der Waals surface area (Å²) in [6.07, 6.45) is 0.128. The van der Waals surface area contributed by atoms with Gasteiger partial charge in [0, 0.05) is 23.2 Å². The van der Waals surface area contributed by atoms with Crippen LogP contribution in [-0.4, -0.2) is 36.1 Å². The van der Waals surface area contributed by atoms with Gasteiger partial charge < -0.3 is 15.4 Å². The number of amides is 1. The average Bonchev–Trinajstić information content (AvgIpc) is 2.26. The van der Waals surface area contributed by atoms with Gasteiger partial charge in [0.05, 0.1) is 17.8 Å². The quantitative estimate of drug-likeness (QED) is 0.809. The van der Waals surface area contributed by atoms with Crippen LogP contribution in [0.4, 0.5) is 5.69 Å². The molecule has 1 aromatic rings. The van der Waals surface area contributed by atoms with Crippen LogP contribution in [0.1, 0.15) is 24.2 Å². The smallest absolute Gasteiger partial charge is 0.256 e. The number of benzene rings is 1. The fraction of sp³-hybridized carbons (Fsp3) is 0.462. The molecule has 0 spiro atoms. The Hall–Kier alpha value is -1.07. The van der Waals surface area contributed by atoms with Gasteiger partial charge in [-0.3, -0.25) is 4.79 Å². The number of halogens is 1. The van der Waals surface area contributed by atoms with Crippen LogP contribution in [0.25, 0.3) is 0 Å². The Balaban J connectivity index is 2.20. The molecule has 2 atom stereocenters. The first-order valence-corrected chi connectivity index (χ1v) is 6.76. The summed E-state index contributed by atoms with van der Waals surface area (Å²) in [6.45, 7) is 5.17. The molecule has 0 aromatic heterocycles. The van der Waals surface area contributed by atoms with Crippen LogP contribution in [0.15, 0.2) is 22.7 Å². The standard InChI is InChI=1S/C13H17BrN2O2/c1-8-6-16(7-9(2)18-8)13(17)11-4-3-10(14)5-12(11)15/h3-5,8-9H,6-7,15H2,1-2H3. The second kappa shape index (κ2) is 5.28. The van der Waals surface area contributed by atoms with Crippen LogP contribution in [0, 0.1) is 0 Å². The number of nitrogen functional groups attached to an aromatic ring is 1. The van der Waals surface area contributed by atoms with Crippen molar-refractivity contribution >= 4 is 27.5 Å². The summed E-state index contributed by atoms with van der Waals surface area (Å²) >= 11 is 3.34. The number of carbonyl (C=O) groups excluding carboxylic acids is 1. The van der Waals surface area contributed by atoms with Crippen molar-refractivity contribution < 1.29 is 9.53 Å². The Labute approximate surface area is 115 Å². The van der Waals surface area contributed by atoms with E-state index in [1.807, 2.05) is 19.9 Å². The van der Waals surface area contributed by atoms with Gasteiger partial charge in [-0.05, 0) is 32.0 Å². The van der Waals surface area contributed by atoms with Crippen LogP contribution < -0.4 is 5.73 Å². The van der Waals surface area contributed by atoms with Crippen molar-refractivity contribution in [2.75, 3.05) is 18.8 Å². The zero-order valence-electron chi connectivity index (χ0n) is 10.5. The zero-order valence-corrected chi connectivity index (χ0v) is 12.1. The van der Waals surface area contributed by atoms with E-state index < -0.39 is 0 Å². The van der Waals surface area contributed by atoms with Gasteiger partial charge in [0.15, 0.2) is 0 Å². The number of hydrogen-bond acceptors (Lipinski definition) is 3. The molecule has 0 bridgehead atoms. The second-order valence-electron chi connectivity index (χ2n) is 4.70. The van der Waals surface area contributed by atoms with Crippen molar-refractivity contribution in [3.63, 3.8) is 0 Å². The maximum absolute atomic E-state index is 12.4. The van der Waals surface area contributed by atoms with Crippen molar-refractivity contribution in [2.24, 2.45) is 0 Å². The van der Waals surface area contributed by atoms with Gasteiger partial charge in [-0.15, -0.1) is 0 Å². The molecule has 2 rings (SSSR count). The van der Waals surface area contributed by atoms with Crippen molar-refractivity contribution in [3.05, 3.63) is 28.2 Å². The summed E-state index contributed by atoms with van der Waals surface area (Å²) < 4.78 is 6.49. The third kappa shape index (κ3) is 2.84. The Bertz CT molecular complexity index is 454. The minimum atomic E-state index is -0.0259. The topological polar surface area (TPSA) is 55.6 Å². The van der Waals surface area contributed by atoms with Gasteiger partial charge in [0.1, 0.15) is 0 Å². The first kappa shape index (κ1) is 13.4. The van der Waals surface area contributed by atoms with Crippen molar-refractivity contribution in [1.82, 2.24) is 4.90 Å². The molecule has 1 heterocycles.